The first-order valence-electron chi connectivity index (χ1n) is 10.9. The third-order valence-electron chi connectivity index (χ3n) is 5.69. The predicted molar refractivity (Wildman–Crippen MR) is 132 cm³/mol. The van der Waals surface area contributed by atoms with E-state index in [9.17, 15) is 9.59 Å². The molecule has 0 radical (unpaired) electrons. The molecule has 1 aromatic carbocycles. The maximum absolute atomic E-state index is 12.1. The minimum atomic E-state index is -0.525. The molecule has 8 heteroatoms. The van der Waals surface area contributed by atoms with Crippen LogP contribution < -0.4 is 16.0 Å². The summed E-state index contributed by atoms with van der Waals surface area (Å²) in [7, 11) is 0. The molecule has 0 unspecified atom stereocenters. The minimum absolute atomic E-state index is 0.151. The molecule has 2 amide bonds. The first-order valence-corrected chi connectivity index (χ1v) is 12.2. The number of primary amides is 1. The van der Waals surface area contributed by atoms with E-state index in [0.29, 0.717) is 30.6 Å². The van der Waals surface area contributed by atoms with E-state index in [4.69, 9.17) is 5.73 Å². The number of nitrogens with two attached hydrogens (primary N) is 1. The van der Waals surface area contributed by atoms with Crippen LogP contribution >= 0.6 is 11.8 Å². The number of nitrogens with one attached hydrogen (secondary N) is 1. The minimum Gasteiger partial charge on any atom is -0.380 e. The van der Waals surface area contributed by atoms with Gasteiger partial charge in [-0.1, -0.05) is 18.2 Å². The molecule has 7 nitrogen and oxygen atoms in total. The number of hydrogen-bond donors (Lipinski definition) is 2. The molecule has 170 valence electrons. The maximum atomic E-state index is 12.1. The van der Waals surface area contributed by atoms with Gasteiger partial charge in [0.25, 0.3) is 5.91 Å². The second-order valence-corrected chi connectivity index (χ2v) is 8.79. The number of amides is 2. The number of benzene rings is 1. The van der Waals surface area contributed by atoms with Crippen molar-refractivity contribution in [3.63, 3.8) is 0 Å². The zero-order chi connectivity index (χ0) is 23.2. The zero-order valence-electron chi connectivity index (χ0n) is 18.6. The molecular formula is C25H27N5O2S. The lowest BCUT2D eigenvalue weighted by molar-refractivity contribution is -0.119. The van der Waals surface area contributed by atoms with Gasteiger partial charge < -0.3 is 16.0 Å². The van der Waals surface area contributed by atoms with Crippen molar-refractivity contribution >= 4 is 35.0 Å². The lowest BCUT2D eigenvalue weighted by Gasteiger charge is -2.26. The number of anilines is 2. The summed E-state index contributed by atoms with van der Waals surface area (Å²) in [6.45, 7) is 1.31. The highest BCUT2D eigenvalue weighted by Crippen LogP contribution is 2.24. The van der Waals surface area contributed by atoms with Crippen molar-refractivity contribution in [1.82, 2.24) is 9.97 Å². The fraction of sp³-hybridized carbons (Fsp3) is 0.280. The lowest BCUT2D eigenvalue weighted by atomic mass is 10.1. The summed E-state index contributed by atoms with van der Waals surface area (Å²) >= 11 is 1.68. The second-order valence-electron chi connectivity index (χ2n) is 7.94. The molecule has 0 bridgehead atoms. The number of aromatic nitrogens is 2. The van der Waals surface area contributed by atoms with Gasteiger partial charge in [0.15, 0.2) is 0 Å². The highest BCUT2D eigenvalue weighted by atomic mass is 32.2. The Hall–Kier alpha value is -3.39. The average Bonchev–Trinajstić information content (AvgIpc) is 2.84. The van der Waals surface area contributed by atoms with E-state index in [1.807, 2.05) is 36.6 Å². The maximum Gasteiger partial charge on any atom is 0.252 e. The van der Waals surface area contributed by atoms with Gasteiger partial charge in [-0.15, -0.1) is 11.8 Å². The van der Waals surface area contributed by atoms with Gasteiger partial charge in [-0.2, -0.15) is 0 Å². The first kappa shape index (κ1) is 22.8. The number of pyridine rings is 2. The average molecular weight is 462 g/mol. The van der Waals surface area contributed by atoms with E-state index < -0.39 is 5.91 Å². The Kier molecular flexibility index (Phi) is 7.24. The highest BCUT2D eigenvalue weighted by Gasteiger charge is 2.20. The molecular weight excluding hydrogens is 434 g/mol. The zero-order valence-corrected chi connectivity index (χ0v) is 19.4. The lowest BCUT2D eigenvalue weighted by Crippen LogP contribution is -2.35. The van der Waals surface area contributed by atoms with E-state index in [1.165, 1.54) is 11.1 Å². The summed E-state index contributed by atoms with van der Waals surface area (Å²) in [6, 6.07) is 13.8. The van der Waals surface area contributed by atoms with E-state index in [1.54, 1.807) is 22.9 Å². The number of carbonyl (C=O) groups is 2. The standard InChI is InChI=1S/C25H27N5O2S/c1-33-23-7-3-2-6-17(23)14-29-22-13-19(28-16-21(22)25(26)32)12-18-9-10-20(15-27-18)30-11-5-4-8-24(30)31/h2-3,6-7,9-10,13,15-16H,4-5,8,11-12,14H2,1H3,(H2,26,32)(H,28,29). The van der Waals surface area contributed by atoms with Crippen LogP contribution in [-0.4, -0.2) is 34.6 Å². The van der Waals surface area contributed by atoms with Crippen LogP contribution in [-0.2, 0) is 17.8 Å². The van der Waals surface area contributed by atoms with E-state index in [-0.39, 0.29) is 5.91 Å². The number of rotatable bonds is 8. The Balaban J connectivity index is 1.50. The topological polar surface area (TPSA) is 101 Å². The largest absolute Gasteiger partial charge is 0.380 e. The number of hydrogen-bond acceptors (Lipinski definition) is 6. The number of piperidine rings is 1. The third kappa shape index (κ3) is 5.51. The molecule has 2 aromatic heterocycles. The Morgan fingerprint density at radius 3 is 2.67 bits per heavy atom. The van der Waals surface area contributed by atoms with Crippen LogP contribution in [0.25, 0.3) is 0 Å². The Morgan fingerprint density at radius 1 is 1.12 bits per heavy atom. The van der Waals surface area contributed by atoms with Crippen molar-refractivity contribution in [3.05, 3.63) is 77.4 Å². The molecule has 3 N–H and O–H groups in total. The van der Waals surface area contributed by atoms with Gasteiger partial charge in [-0.25, -0.2) is 0 Å². The molecule has 33 heavy (non-hydrogen) atoms. The molecule has 3 heterocycles. The van der Waals surface area contributed by atoms with Crippen molar-refractivity contribution in [3.8, 4) is 0 Å². The van der Waals surface area contributed by atoms with Crippen LogP contribution in [0.2, 0.25) is 0 Å². The molecule has 0 saturated carbocycles. The van der Waals surface area contributed by atoms with Gasteiger partial charge in [0.05, 0.1) is 23.1 Å². The molecule has 4 rings (SSSR count). The molecule has 0 spiro atoms. The molecule has 1 saturated heterocycles. The first-order chi connectivity index (χ1) is 16.0. The Bertz CT molecular complexity index is 1150. The fourth-order valence-corrected chi connectivity index (χ4v) is 4.54. The summed E-state index contributed by atoms with van der Waals surface area (Å²) in [4.78, 5) is 36.0. The summed E-state index contributed by atoms with van der Waals surface area (Å²) < 4.78 is 0. The predicted octanol–water partition coefficient (Wildman–Crippen LogP) is 4.02. The second kappa shape index (κ2) is 10.5. The van der Waals surface area contributed by atoms with Crippen molar-refractivity contribution in [2.45, 2.75) is 37.1 Å². The third-order valence-corrected chi connectivity index (χ3v) is 6.53. The van der Waals surface area contributed by atoms with Gasteiger partial charge in [-0.05, 0) is 48.9 Å². The van der Waals surface area contributed by atoms with Gasteiger partial charge in [-0.3, -0.25) is 19.6 Å². The van der Waals surface area contributed by atoms with Crippen molar-refractivity contribution in [2.75, 3.05) is 23.0 Å². The number of thioether (sulfide) groups is 1. The van der Waals surface area contributed by atoms with Crippen LogP contribution in [0.3, 0.4) is 0 Å². The molecule has 0 atom stereocenters. The Morgan fingerprint density at radius 2 is 1.94 bits per heavy atom. The molecule has 1 aliphatic heterocycles. The van der Waals surface area contributed by atoms with Crippen LogP contribution in [0.15, 0.2) is 59.8 Å². The van der Waals surface area contributed by atoms with Crippen LogP contribution in [0.5, 0.6) is 0 Å². The summed E-state index contributed by atoms with van der Waals surface area (Å²) in [6.07, 6.45) is 8.36. The molecule has 1 aliphatic rings. The van der Waals surface area contributed by atoms with Gasteiger partial charge in [0.1, 0.15) is 0 Å². The highest BCUT2D eigenvalue weighted by molar-refractivity contribution is 7.98. The molecule has 0 aliphatic carbocycles. The van der Waals surface area contributed by atoms with Gasteiger partial charge in [0.2, 0.25) is 5.91 Å². The monoisotopic (exact) mass is 461 g/mol. The van der Waals surface area contributed by atoms with E-state index in [0.717, 1.165) is 42.0 Å². The number of carbonyl (C=O) groups excluding carboxylic acids is 2. The van der Waals surface area contributed by atoms with Crippen molar-refractivity contribution in [2.24, 2.45) is 5.73 Å². The number of nitrogens with zero attached hydrogens (tertiary/aromatic N) is 3. The SMILES string of the molecule is CSc1ccccc1CNc1cc(Cc2ccc(N3CCCCC3=O)cn2)ncc1C(N)=O. The van der Waals surface area contributed by atoms with Gasteiger partial charge in [0, 0.05) is 48.4 Å². The van der Waals surface area contributed by atoms with Crippen molar-refractivity contribution in [1.29, 1.82) is 0 Å². The van der Waals surface area contributed by atoms with Crippen LogP contribution in [0.1, 0.15) is 46.6 Å². The molecule has 3 aromatic rings. The summed E-state index contributed by atoms with van der Waals surface area (Å²) in [5.41, 5.74) is 10.2. The fourth-order valence-electron chi connectivity index (χ4n) is 3.92. The van der Waals surface area contributed by atoms with Crippen LogP contribution in [0, 0.1) is 0 Å². The van der Waals surface area contributed by atoms with Crippen LogP contribution in [0.4, 0.5) is 11.4 Å². The molecule has 1 fully saturated rings. The summed E-state index contributed by atoms with van der Waals surface area (Å²) in [5.74, 6) is -0.373. The smallest absolute Gasteiger partial charge is 0.252 e. The summed E-state index contributed by atoms with van der Waals surface area (Å²) in [5, 5.41) is 3.35. The van der Waals surface area contributed by atoms with Gasteiger partial charge >= 0.3 is 0 Å². The van der Waals surface area contributed by atoms with Crippen molar-refractivity contribution < 1.29 is 9.59 Å². The van der Waals surface area contributed by atoms with E-state index in [2.05, 4.69) is 27.4 Å². The quantitative estimate of drug-likeness (QED) is 0.492. The Labute approximate surface area is 197 Å². The normalized spacial score (nSPS) is 13.7. The van der Waals surface area contributed by atoms with E-state index >= 15 is 0 Å².